The quantitative estimate of drug-likeness (QED) is 0.862. The molecule has 24 heavy (non-hydrogen) atoms. The van der Waals surface area contributed by atoms with E-state index in [1.54, 1.807) is 52.8 Å². The third kappa shape index (κ3) is 5.64. The van der Waals surface area contributed by atoms with Crippen molar-refractivity contribution in [2.24, 2.45) is 0 Å². The number of ether oxygens (including phenoxy) is 3. The Morgan fingerprint density at radius 1 is 0.958 bits per heavy atom. The first kappa shape index (κ1) is 19.6. The lowest BCUT2D eigenvalue weighted by molar-refractivity contribution is -0.121. The van der Waals surface area contributed by atoms with Crippen LogP contribution in [0.2, 0.25) is 0 Å². The van der Waals surface area contributed by atoms with Crippen molar-refractivity contribution in [2.75, 3.05) is 19.5 Å². The zero-order valence-corrected chi connectivity index (χ0v) is 15.3. The van der Waals surface area contributed by atoms with Crippen molar-refractivity contribution < 1.29 is 23.8 Å². The summed E-state index contributed by atoms with van der Waals surface area (Å²) in [6.45, 7) is 8.44. The van der Waals surface area contributed by atoms with Crippen LogP contribution in [0.3, 0.4) is 0 Å². The Bertz CT molecular complexity index is 605. The first-order valence-electron chi connectivity index (χ1n) is 7.53. The summed E-state index contributed by atoms with van der Waals surface area (Å²) in [6.07, 6.45) is -0.657. The molecule has 0 bridgehead atoms. The molecular formula is C17H26N2O5. The van der Waals surface area contributed by atoms with Gasteiger partial charge in [0.25, 0.3) is 0 Å². The van der Waals surface area contributed by atoms with E-state index < -0.39 is 17.2 Å². The van der Waals surface area contributed by atoms with E-state index in [0.717, 1.165) is 0 Å². The van der Waals surface area contributed by atoms with Crippen LogP contribution in [0, 0.1) is 0 Å². The van der Waals surface area contributed by atoms with Gasteiger partial charge in [-0.1, -0.05) is 0 Å². The largest absolute Gasteiger partial charge is 0.493 e. The maximum atomic E-state index is 12.4. The summed E-state index contributed by atoms with van der Waals surface area (Å²) < 4.78 is 15.5. The Morgan fingerprint density at radius 3 is 2.04 bits per heavy atom. The Morgan fingerprint density at radius 2 is 1.54 bits per heavy atom. The van der Waals surface area contributed by atoms with Crippen LogP contribution in [-0.2, 0) is 9.53 Å². The van der Waals surface area contributed by atoms with E-state index in [0.29, 0.717) is 17.2 Å². The zero-order chi connectivity index (χ0) is 18.5. The molecule has 0 aromatic heterocycles. The average molecular weight is 338 g/mol. The first-order chi connectivity index (χ1) is 11.0. The third-order valence-electron chi connectivity index (χ3n) is 3.02. The number of amides is 2. The lowest BCUT2D eigenvalue weighted by Crippen LogP contribution is -2.53. The first-order valence-corrected chi connectivity index (χ1v) is 7.53. The molecule has 7 nitrogen and oxygen atoms in total. The molecule has 0 saturated carbocycles. The molecule has 1 aromatic carbocycles. The second-order valence-electron chi connectivity index (χ2n) is 6.78. The highest BCUT2D eigenvalue weighted by atomic mass is 16.6. The van der Waals surface area contributed by atoms with Crippen molar-refractivity contribution in [1.29, 1.82) is 0 Å². The molecule has 2 N–H and O–H groups in total. The molecular weight excluding hydrogens is 312 g/mol. The van der Waals surface area contributed by atoms with Crippen LogP contribution in [0.5, 0.6) is 11.5 Å². The number of carbonyl (C=O) groups excluding carboxylic acids is 2. The maximum absolute atomic E-state index is 12.4. The molecule has 134 valence electrons. The van der Waals surface area contributed by atoms with Gasteiger partial charge in [-0.05, 0) is 46.8 Å². The molecule has 0 aliphatic carbocycles. The minimum Gasteiger partial charge on any atom is -0.493 e. The van der Waals surface area contributed by atoms with E-state index in [2.05, 4.69) is 10.6 Å². The Balaban J connectivity index is 2.80. The summed E-state index contributed by atoms with van der Waals surface area (Å²) in [5.41, 5.74) is -1.27. The van der Waals surface area contributed by atoms with E-state index in [1.165, 1.54) is 14.2 Å². The van der Waals surface area contributed by atoms with Gasteiger partial charge in [0, 0.05) is 11.8 Å². The van der Waals surface area contributed by atoms with E-state index >= 15 is 0 Å². The Hall–Kier alpha value is -2.44. The van der Waals surface area contributed by atoms with Crippen molar-refractivity contribution in [2.45, 2.75) is 45.8 Å². The standard InChI is InChI=1S/C17H26N2O5/c1-16(2,3)24-15(21)19-17(4,5)14(20)18-11-8-9-12(22-6)13(10-11)23-7/h8-10H,1-7H3,(H,18,20)(H,19,21). The summed E-state index contributed by atoms with van der Waals surface area (Å²) >= 11 is 0. The molecule has 0 radical (unpaired) electrons. The lowest BCUT2D eigenvalue weighted by Gasteiger charge is -2.27. The van der Waals surface area contributed by atoms with Gasteiger partial charge in [-0.25, -0.2) is 4.79 Å². The molecule has 2 amide bonds. The van der Waals surface area contributed by atoms with Gasteiger partial charge in [-0.15, -0.1) is 0 Å². The van der Waals surface area contributed by atoms with Crippen molar-refractivity contribution in [3.05, 3.63) is 18.2 Å². The highest BCUT2D eigenvalue weighted by molar-refractivity contribution is 5.99. The van der Waals surface area contributed by atoms with Crippen LogP contribution < -0.4 is 20.1 Å². The monoisotopic (exact) mass is 338 g/mol. The number of benzene rings is 1. The fourth-order valence-electron chi connectivity index (χ4n) is 1.82. The summed E-state index contributed by atoms with van der Waals surface area (Å²) in [5.74, 6) is 0.662. The van der Waals surface area contributed by atoms with Crippen LogP contribution >= 0.6 is 0 Å². The number of methoxy groups -OCH3 is 2. The second kappa shape index (κ2) is 7.42. The van der Waals surface area contributed by atoms with Gasteiger partial charge in [0.05, 0.1) is 14.2 Å². The molecule has 0 heterocycles. The number of nitrogens with one attached hydrogen (secondary N) is 2. The fourth-order valence-corrected chi connectivity index (χ4v) is 1.82. The van der Waals surface area contributed by atoms with Gasteiger partial charge in [0.1, 0.15) is 11.1 Å². The fraction of sp³-hybridized carbons (Fsp3) is 0.529. The molecule has 1 aromatic rings. The normalized spacial score (nSPS) is 11.5. The van der Waals surface area contributed by atoms with Crippen LogP contribution in [0.25, 0.3) is 0 Å². The zero-order valence-electron chi connectivity index (χ0n) is 15.3. The van der Waals surface area contributed by atoms with Crippen LogP contribution in [0.15, 0.2) is 18.2 Å². The smallest absolute Gasteiger partial charge is 0.408 e. The molecule has 0 spiro atoms. The van der Waals surface area contributed by atoms with Crippen LogP contribution in [-0.4, -0.2) is 37.4 Å². The molecule has 0 unspecified atom stereocenters. The molecule has 0 fully saturated rings. The van der Waals surface area contributed by atoms with Gasteiger partial charge < -0.3 is 24.8 Å². The van der Waals surface area contributed by atoms with E-state index in [1.807, 2.05) is 0 Å². The predicted molar refractivity (Wildman–Crippen MR) is 91.6 cm³/mol. The molecule has 0 saturated heterocycles. The summed E-state index contributed by atoms with van der Waals surface area (Å²) in [5, 5.41) is 5.29. The van der Waals surface area contributed by atoms with Crippen molar-refractivity contribution >= 4 is 17.7 Å². The Labute approximate surface area is 142 Å². The molecule has 0 atom stereocenters. The van der Waals surface area contributed by atoms with Gasteiger partial charge in [0.2, 0.25) is 5.91 Å². The Kier molecular flexibility index (Phi) is 6.06. The molecule has 0 aliphatic heterocycles. The lowest BCUT2D eigenvalue weighted by atomic mass is 10.0. The molecule has 1 rings (SSSR count). The number of hydrogen-bond acceptors (Lipinski definition) is 5. The third-order valence-corrected chi connectivity index (χ3v) is 3.02. The SMILES string of the molecule is COc1ccc(NC(=O)C(C)(C)NC(=O)OC(C)(C)C)cc1OC. The summed E-state index contributed by atoms with van der Waals surface area (Å²) in [4.78, 5) is 24.3. The van der Waals surface area contributed by atoms with E-state index in [4.69, 9.17) is 14.2 Å². The summed E-state index contributed by atoms with van der Waals surface area (Å²) in [7, 11) is 3.04. The number of alkyl carbamates (subject to hydrolysis) is 1. The number of hydrogen-bond donors (Lipinski definition) is 2. The summed E-state index contributed by atoms with van der Waals surface area (Å²) in [6, 6.07) is 5.01. The van der Waals surface area contributed by atoms with E-state index in [9.17, 15) is 9.59 Å². The van der Waals surface area contributed by atoms with Crippen molar-refractivity contribution in [3.8, 4) is 11.5 Å². The van der Waals surface area contributed by atoms with Crippen LogP contribution in [0.1, 0.15) is 34.6 Å². The minimum absolute atomic E-state index is 0.388. The van der Waals surface area contributed by atoms with Crippen molar-refractivity contribution in [3.63, 3.8) is 0 Å². The second-order valence-corrected chi connectivity index (χ2v) is 6.78. The molecule has 7 heteroatoms. The topological polar surface area (TPSA) is 85.9 Å². The van der Waals surface area contributed by atoms with Gasteiger partial charge >= 0.3 is 6.09 Å². The van der Waals surface area contributed by atoms with E-state index in [-0.39, 0.29) is 5.91 Å². The highest BCUT2D eigenvalue weighted by Gasteiger charge is 2.31. The molecule has 0 aliphatic rings. The van der Waals surface area contributed by atoms with Crippen LogP contribution in [0.4, 0.5) is 10.5 Å². The van der Waals surface area contributed by atoms with Gasteiger partial charge in [0.15, 0.2) is 11.5 Å². The maximum Gasteiger partial charge on any atom is 0.408 e. The number of rotatable bonds is 5. The van der Waals surface area contributed by atoms with Gasteiger partial charge in [-0.3, -0.25) is 4.79 Å². The number of carbonyl (C=O) groups is 2. The average Bonchev–Trinajstić information content (AvgIpc) is 2.44. The number of anilines is 1. The highest BCUT2D eigenvalue weighted by Crippen LogP contribution is 2.30. The van der Waals surface area contributed by atoms with Crippen molar-refractivity contribution in [1.82, 2.24) is 5.32 Å². The predicted octanol–water partition coefficient (Wildman–Crippen LogP) is 2.95. The minimum atomic E-state index is -1.16. The van der Waals surface area contributed by atoms with Gasteiger partial charge in [-0.2, -0.15) is 0 Å².